The van der Waals surface area contributed by atoms with Crippen molar-refractivity contribution in [3.8, 4) is 12.1 Å². The van der Waals surface area contributed by atoms with Gasteiger partial charge < -0.3 is 0 Å². The third-order valence-corrected chi connectivity index (χ3v) is 2.58. The Kier molecular flexibility index (Phi) is 3.81. The standard InChI is InChI=1S/C10H5F3N2S/c11-10(12,13)9-5-8(16-4-3-14)2-1-7(9)6-15/h1-2,5H,4H2. The number of thioether (sulfide) groups is 1. The first-order valence-electron chi connectivity index (χ1n) is 4.10. The molecule has 0 amide bonds. The van der Waals surface area contributed by atoms with E-state index in [1.165, 1.54) is 12.1 Å². The van der Waals surface area contributed by atoms with Crippen molar-refractivity contribution in [1.29, 1.82) is 10.5 Å². The van der Waals surface area contributed by atoms with E-state index in [2.05, 4.69) is 0 Å². The first-order valence-corrected chi connectivity index (χ1v) is 5.08. The monoisotopic (exact) mass is 242 g/mol. The van der Waals surface area contributed by atoms with E-state index in [0.717, 1.165) is 23.9 Å². The van der Waals surface area contributed by atoms with E-state index in [1.54, 1.807) is 0 Å². The summed E-state index contributed by atoms with van der Waals surface area (Å²) in [6.45, 7) is 0. The van der Waals surface area contributed by atoms with Crippen LogP contribution in [0.15, 0.2) is 23.1 Å². The zero-order valence-electron chi connectivity index (χ0n) is 7.88. The molecule has 0 heterocycles. The Labute approximate surface area is 94.3 Å². The zero-order chi connectivity index (χ0) is 12.2. The molecule has 2 nitrogen and oxygen atoms in total. The highest BCUT2D eigenvalue weighted by Gasteiger charge is 2.33. The summed E-state index contributed by atoms with van der Waals surface area (Å²) < 4.78 is 37.5. The Morgan fingerprint density at radius 1 is 1.25 bits per heavy atom. The van der Waals surface area contributed by atoms with Gasteiger partial charge in [0.15, 0.2) is 0 Å². The highest BCUT2D eigenvalue weighted by Crippen LogP contribution is 2.34. The second kappa shape index (κ2) is 4.91. The molecule has 6 heteroatoms. The predicted octanol–water partition coefficient (Wildman–Crippen LogP) is 3.19. The van der Waals surface area contributed by atoms with Crippen molar-refractivity contribution < 1.29 is 13.2 Å². The van der Waals surface area contributed by atoms with Crippen molar-refractivity contribution in [3.63, 3.8) is 0 Å². The zero-order valence-corrected chi connectivity index (χ0v) is 8.69. The lowest BCUT2D eigenvalue weighted by Gasteiger charge is -2.09. The molecule has 0 aliphatic heterocycles. The van der Waals surface area contributed by atoms with Gasteiger partial charge in [0.25, 0.3) is 0 Å². The largest absolute Gasteiger partial charge is 0.417 e. The fraction of sp³-hybridized carbons (Fsp3) is 0.200. The van der Waals surface area contributed by atoms with Crippen molar-refractivity contribution in [2.45, 2.75) is 11.1 Å². The number of benzene rings is 1. The molecule has 1 aromatic rings. The Bertz CT molecular complexity index is 468. The molecule has 0 bridgehead atoms. The minimum atomic E-state index is -4.55. The minimum absolute atomic E-state index is 0.0726. The third kappa shape index (κ3) is 2.91. The van der Waals surface area contributed by atoms with Gasteiger partial charge in [-0.1, -0.05) is 0 Å². The molecule has 0 saturated heterocycles. The summed E-state index contributed by atoms with van der Waals surface area (Å²) in [4.78, 5) is 0.327. The number of halogens is 3. The average molecular weight is 242 g/mol. The molecule has 1 aromatic carbocycles. The van der Waals surface area contributed by atoms with E-state index < -0.39 is 17.3 Å². The molecular formula is C10H5F3N2S. The van der Waals surface area contributed by atoms with Crippen LogP contribution in [0.25, 0.3) is 0 Å². The summed E-state index contributed by atoms with van der Waals surface area (Å²) in [5.41, 5.74) is -1.37. The van der Waals surface area contributed by atoms with Crippen LogP contribution in [0.4, 0.5) is 13.2 Å². The lowest BCUT2D eigenvalue weighted by molar-refractivity contribution is -0.137. The summed E-state index contributed by atoms with van der Waals surface area (Å²) >= 11 is 0.999. The SMILES string of the molecule is N#CCSc1ccc(C#N)c(C(F)(F)F)c1. The molecule has 16 heavy (non-hydrogen) atoms. The van der Waals surface area contributed by atoms with Gasteiger partial charge in [0, 0.05) is 4.90 Å². The highest BCUT2D eigenvalue weighted by atomic mass is 32.2. The number of nitrogens with zero attached hydrogens (tertiary/aromatic N) is 2. The summed E-state index contributed by atoms with van der Waals surface area (Å²) in [6, 6.07) is 6.71. The van der Waals surface area contributed by atoms with E-state index in [4.69, 9.17) is 10.5 Å². The van der Waals surface area contributed by atoms with Gasteiger partial charge in [0.2, 0.25) is 0 Å². The fourth-order valence-corrected chi connectivity index (χ4v) is 1.66. The maximum atomic E-state index is 12.5. The molecule has 0 fully saturated rings. The second-order valence-corrected chi connectivity index (χ2v) is 3.81. The first kappa shape index (κ1) is 12.4. The Balaban J connectivity index is 3.14. The molecule has 1 rings (SSSR count). The molecule has 0 aliphatic rings. The quantitative estimate of drug-likeness (QED) is 0.748. The van der Waals surface area contributed by atoms with Gasteiger partial charge in [0.05, 0.1) is 29.0 Å². The van der Waals surface area contributed by atoms with Gasteiger partial charge in [-0.25, -0.2) is 0 Å². The van der Waals surface area contributed by atoms with Crippen LogP contribution in [0, 0.1) is 22.7 Å². The molecule has 0 N–H and O–H groups in total. The van der Waals surface area contributed by atoms with Crippen molar-refractivity contribution >= 4 is 11.8 Å². The van der Waals surface area contributed by atoms with Gasteiger partial charge in [-0.15, -0.1) is 11.8 Å². The smallest absolute Gasteiger partial charge is 0.197 e. The van der Waals surface area contributed by atoms with Crippen molar-refractivity contribution in [2.75, 3.05) is 5.75 Å². The van der Waals surface area contributed by atoms with Crippen molar-refractivity contribution in [2.24, 2.45) is 0 Å². The van der Waals surface area contributed by atoms with Crippen molar-refractivity contribution in [3.05, 3.63) is 29.3 Å². The molecule has 0 radical (unpaired) electrons. The summed E-state index contributed by atoms with van der Waals surface area (Å²) in [7, 11) is 0. The number of hydrogen-bond donors (Lipinski definition) is 0. The van der Waals surface area contributed by atoms with Crippen LogP contribution in [-0.2, 0) is 6.18 Å². The van der Waals surface area contributed by atoms with Gasteiger partial charge in [-0.2, -0.15) is 23.7 Å². The van der Waals surface area contributed by atoms with E-state index in [9.17, 15) is 13.2 Å². The van der Waals surface area contributed by atoms with Crippen LogP contribution in [0.1, 0.15) is 11.1 Å². The van der Waals surface area contributed by atoms with Crippen molar-refractivity contribution in [1.82, 2.24) is 0 Å². The molecule has 0 spiro atoms. The molecule has 82 valence electrons. The van der Waals surface area contributed by atoms with Crippen LogP contribution < -0.4 is 0 Å². The van der Waals surface area contributed by atoms with Gasteiger partial charge in [-0.05, 0) is 18.2 Å². The van der Waals surface area contributed by atoms with Gasteiger partial charge >= 0.3 is 6.18 Å². The summed E-state index contributed by atoms with van der Waals surface area (Å²) in [6.07, 6.45) is -4.55. The minimum Gasteiger partial charge on any atom is -0.197 e. The van der Waals surface area contributed by atoms with Gasteiger partial charge in [0.1, 0.15) is 0 Å². The maximum Gasteiger partial charge on any atom is 0.417 e. The molecule has 0 aliphatic carbocycles. The Morgan fingerprint density at radius 3 is 2.44 bits per heavy atom. The Hall–Kier alpha value is -1.66. The summed E-state index contributed by atoms with van der Waals surface area (Å²) in [5.74, 6) is 0.0726. The molecule has 0 aromatic heterocycles. The topological polar surface area (TPSA) is 47.6 Å². The molecule has 0 atom stereocenters. The number of nitriles is 2. The van der Waals surface area contributed by atoms with Crippen LogP contribution in [0.5, 0.6) is 0 Å². The van der Waals surface area contributed by atoms with Crippen LogP contribution in [0.3, 0.4) is 0 Å². The fourth-order valence-electron chi connectivity index (χ4n) is 1.06. The Morgan fingerprint density at radius 2 is 1.94 bits per heavy atom. The molecule has 0 unspecified atom stereocenters. The van der Waals surface area contributed by atoms with Gasteiger partial charge in [-0.3, -0.25) is 0 Å². The van der Waals surface area contributed by atoms with E-state index >= 15 is 0 Å². The van der Waals surface area contributed by atoms with Crippen LogP contribution >= 0.6 is 11.8 Å². The average Bonchev–Trinajstić information content (AvgIpc) is 2.24. The number of rotatable bonds is 2. The summed E-state index contributed by atoms with van der Waals surface area (Å²) in [5, 5.41) is 16.9. The predicted molar refractivity (Wildman–Crippen MR) is 52.5 cm³/mol. The lowest BCUT2D eigenvalue weighted by Crippen LogP contribution is -2.07. The second-order valence-electron chi connectivity index (χ2n) is 2.76. The number of alkyl halides is 3. The lowest BCUT2D eigenvalue weighted by atomic mass is 10.1. The molecule has 0 saturated carbocycles. The van der Waals surface area contributed by atoms with E-state index in [1.807, 2.05) is 6.07 Å². The molecular weight excluding hydrogens is 237 g/mol. The van der Waals surface area contributed by atoms with E-state index in [0.29, 0.717) is 4.90 Å². The third-order valence-electron chi connectivity index (χ3n) is 1.72. The number of hydrogen-bond acceptors (Lipinski definition) is 3. The maximum absolute atomic E-state index is 12.5. The van der Waals surface area contributed by atoms with E-state index in [-0.39, 0.29) is 5.75 Å². The highest BCUT2D eigenvalue weighted by molar-refractivity contribution is 7.99. The van der Waals surface area contributed by atoms with Crippen LogP contribution in [-0.4, -0.2) is 5.75 Å². The normalized spacial score (nSPS) is 10.6. The first-order chi connectivity index (χ1) is 7.49. The van der Waals surface area contributed by atoms with Crippen LogP contribution in [0.2, 0.25) is 0 Å².